The first-order valence-corrected chi connectivity index (χ1v) is 10.9. The van der Waals surface area contributed by atoms with E-state index in [-0.39, 0.29) is 17.7 Å². The van der Waals surface area contributed by atoms with Gasteiger partial charge in [0.05, 0.1) is 18.7 Å². The van der Waals surface area contributed by atoms with Gasteiger partial charge in [0.2, 0.25) is 5.91 Å². The maximum absolute atomic E-state index is 12.9. The van der Waals surface area contributed by atoms with Gasteiger partial charge in [-0.25, -0.2) is 4.79 Å². The van der Waals surface area contributed by atoms with Crippen LogP contribution in [0.4, 0.5) is 5.69 Å². The SMILES string of the molecule is COc1cc(NC(=O)C2[C@H]3CC([NH+]4Cc5c(Br)cccc5C4=O)C[C@@H]23)ccc1C. The highest BCUT2D eigenvalue weighted by Crippen LogP contribution is 2.57. The molecule has 2 saturated carbocycles. The number of rotatable bonds is 4. The van der Waals surface area contributed by atoms with Crippen LogP contribution in [0.3, 0.4) is 0 Å². The molecule has 29 heavy (non-hydrogen) atoms. The van der Waals surface area contributed by atoms with Gasteiger partial charge >= 0.3 is 5.91 Å². The molecule has 150 valence electrons. The molecule has 0 saturated heterocycles. The number of nitrogens with one attached hydrogen (secondary N) is 2. The Bertz CT molecular complexity index is 1010. The van der Waals surface area contributed by atoms with Gasteiger partial charge in [-0.1, -0.05) is 28.1 Å². The van der Waals surface area contributed by atoms with E-state index in [0.717, 1.165) is 56.9 Å². The van der Waals surface area contributed by atoms with Gasteiger partial charge in [-0.3, -0.25) is 9.69 Å². The molecule has 2 amide bonds. The predicted octanol–water partition coefficient (Wildman–Crippen LogP) is 2.97. The molecular formula is C23H24BrN2O3+. The molecule has 5 rings (SSSR count). The summed E-state index contributed by atoms with van der Waals surface area (Å²) in [6.45, 7) is 2.73. The molecule has 0 aromatic heterocycles. The van der Waals surface area contributed by atoms with Gasteiger partial charge in [0.25, 0.3) is 0 Å². The summed E-state index contributed by atoms with van der Waals surface area (Å²) in [5, 5.41) is 3.05. The number of halogens is 1. The molecule has 0 spiro atoms. The third-order valence-corrected chi connectivity index (χ3v) is 7.68. The van der Waals surface area contributed by atoms with Crippen molar-refractivity contribution in [2.24, 2.45) is 17.8 Å². The third-order valence-electron chi connectivity index (χ3n) is 6.94. The lowest BCUT2D eigenvalue weighted by molar-refractivity contribution is -0.852. The number of anilines is 1. The fraction of sp³-hybridized carbons (Fsp3) is 0.391. The number of carbonyl (C=O) groups is 2. The van der Waals surface area contributed by atoms with Crippen LogP contribution in [0.25, 0.3) is 0 Å². The molecule has 1 aliphatic heterocycles. The topological polar surface area (TPSA) is 59.8 Å². The number of hydrogen-bond donors (Lipinski definition) is 2. The lowest BCUT2D eigenvalue weighted by Gasteiger charge is -2.20. The maximum atomic E-state index is 12.9. The second-order valence-corrected chi connectivity index (χ2v) is 9.35. The third kappa shape index (κ3) is 3.09. The van der Waals surface area contributed by atoms with Crippen molar-refractivity contribution < 1.29 is 19.2 Å². The van der Waals surface area contributed by atoms with E-state index in [0.29, 0.717) is 17.9 Å². The molecule has 0 bridgehead atoms. The summed E-state index contributed by atoms with van der Waals surface area (Å²) in [6.07, 6.45) is 1.90. The van der Waals surface area contributed by atoms with E-state index in [1.807, 2.05) is 43.3 Å². The van der Waals surface area contributed by atoms with E-state index in [9.17, 15) is 9.59 Å². The zero-order valence-electron chi connectivity index (χ0n) is 16.5. The minimum atomic E-state index is 0.0739. The number of carbonyl (C=O) groups excluding carboxylic acids is 2. The number of aryl methyl sites for hydroxylation is 1. The average Bonchev–Trinajstić information content (AvgIpc) is 3.04. The van der Waals surface area contributed by atoms with E-state index >= 15 is 0 Å². The predicted molar refractivity (Wildman–Crippen MR) is 113 cm³/mol. The van der Waals surface area contributed by atoms with Crippen LogP contribution >= 0.6 is 15.9 Å². The normalized spacial score (nSPS) is 29.3. The molecule has 6 heteroatoms. The fourth-order valence-electron chi connectivity index (χ4n) is 5.36. The molecule has 3 unspecified atom stereocenters. The van der Waals surface area contributed by atoms with E-state index in [1.165, 1.54) is 0 Å². The number of methoxy groups -OCH3 is 1. The summed E-state index contributed by atoms with van der Waals surface area (Å²) in [4.78, 5) is 26.7. The number of hydrogen-bond acceptors (Lipinski definition) is 3. The van der Waals surface area contributed by atoms with Crippen molar-refractivity contribution in [3.8, 4) is 5.75 Å². The Morgan fingerprint density at radius 3 is 2.66 bits per heavy atom. The molecule has 2 aliphatic carbocycles. The summed E-state index contributed by atoms with van der Waals surface area (Å²) in [6, 6.07) is 11.9. The minimum Gasteiger partial charge on any atom is -0.496 e. The second-order valence-electron chi connectivity index (χ2n) is 8.49. The molecule has 3 aliphatic rings. The highest BCUT2D eigenvalue weighted by Gasteiger charge is 2.62. The van der Waals surface area contributed by atoms with Crippen molar-refractivity contribution in [3.63, 3.8) is 0 Å². The first kappa shape index (κ1) is 18.8. The number of quaternary nitrogens is 1. The molecule has 2 aromatic rings. The average molecular weight is 456 g/mol. The molecule has 5 atom stereocenters. The lowest BCUT2D eigenvalue weighted by atomic mass is 10.0. The molecule has 2 aromatic carbocycles. The summed E-state index contributed by atoms with van der Waals surface area (Å²) in [5.41, 5.74) is 3.79. The van der Waals surface area contributed by atoms with Crippen LogP contribution in [-0.4, -0.2) is 25.0 Å². The number of ether oxygens (including phenoxy) is 1. The summed E-state index contributed by atoms with van der Waals surface area (Å²) in [5.74, 6) is 1.96. The van der Waals surface area contributed by atoms with Gasteiger partial charge < -0.3 is 10.1 Å². The summed E-state index contributed by atoms with van der Waals surface area (Å²) in [7, 11) is 1.64. The first-order valence-electron chi connectivity index (χ1n) is 10.1. The van der Waals surface area contributed by atoms with E-state index in [1.54, 1.807) is 7.11 Å². The molecule has 2 fully saturated rings. The van der Waals surface area contributed by atoms with Gasteiger partial charge in [-0.15, -0.1) is 0 Å². The van der Waals surface area contributed by atoms with Crippen molar-refractivity contribution in [3.05, 3.63) is 57.6 Å². The lowest BCUT2D eigenvalue weighted by Crippen LogP contribution is -3.15. The van der Waals surface area contributed by atoms with Crippen LogP contribution in [0.1, 0.15) is 34.3 Å². The van der Waals surface area contributed by atoms with Crippen molar-refractivity contribution in [1.82, 2.24) is 0 Å². The Morgan fingerprint density at radius 1 is 1.21 bits per heavy atom. The Hall–Kier alpha value is -2.18. The molecule has 1 heterocycles. The van der Waals surface area contributed by atoms with E-state index in [4.69, 9.17) is 4.74 Å². The zero-order valence-corrected chi connectivity index (χ0v) is 18.1. The van der Waals surface area contributed by atoms with Gasteiger partial charge in [0, 0.05) is 40.5 Å². The zero-order chi connectivity index (χ0) is 20.3. The molecule has 2 N–H and O–H groups in total. The van der Waals surface area contributed by atoms with Crippen LogP contribution < -0.4 is 15.0 Å². The van der Waals surface area contributed by atoms with Crippen molar-refractivity contribution in [2.75, 3.05) is 12.4 Å². The Kier molecular flexibility index (Phi) is 4.51. The Balaban J connectivity index is 1.21. The van der Waals surface area contributed by atoms with E-state index in [2.05, 4.69) is 21.2 Å². The van der Waals surface area contributed by atoms with Crippen molar-refractivity contribution in [1.29, 1.82) is 0 Å². The van der Waals surface area contributed by atoms with Crippen molar-refractivity contribution in [2.45, 2.75) is 32.4 Å². The Labute approximate surface area is 178 Å². The summed E-state index contributed by atoms with van der Waals surface area (Å²) >= 11 is 3.58. The van der Waals surface area contributed by atoms with Gasteiger partial charge in [0.15, 0.2) is 0 Å². The highest BCUT2D eigenvalue weighted by molar-refractivity contribution is 9.10. The monoisotopic (exact) mass is 455 g/mol. The number of fused-ring (bicyclic) bond motifs is 2. The summed E-state index contributed by atoms with van der Waals surface area (Å²) < 4.78 is 6.37. The van der Waals surface area contributed by atoms with Gasteiger partial charge in [-0.05, 0) is 42.5 Å². The van der Waals surface area contributed by atoms with Crippen LogP contribution in [0.15, 0.2) is 40.9 Å². The smallest absolute Gasteiger partial charge is 0.345 e. The van der Waals surface area contributed by atoms with Crippen LogP contribution in [0.5, 0.6) is 5.75 Å². The largest absolute Gasteiger partial charge is 0.496 e. The quantitative estimate of drug-likeness (QED) is 0.744. The van der Waals surface area contributed by atoms with E-state index < -0.39 is 0 Å². The van der Waals surface area contributed by atoms with Gasteiger partial charge in [-0.2, -0.15) is 0 Å². The fourth-order valence-corrected chi connectivity index (χ4v) is 5.87. The number of amides is 2. The van der Waals surface area contributed by atoms with Crippen LogP contribution in [-0.2, 0) is 11.3 Å². The molecule has 0 radical (unpaired) electrons. The highest BCUT2D eigenvalue weighted by atomic mass is 79.9. The maximum Gasteiger partial charge on any atom is 0.345 e. The molecule has 5 nitrogen and oxygen atoms in total. The van der Waals surface area contributed by atoms with Crippen LogP contribution in [0.2, 0.25) is 0 Å². The van der Waals surface area contributed by atoms with Crippen molar-refractivity contribution >= 4 is 33.4 Å². The standard InChI is InChI=1S/C23H23BrN2O3/c1-12-6-7-13(8-20(12)29-2)25-22(27)21-16-9-14(10-17(16)21)26-11-18-15(23(26)28)4-3-5-19(18)24/h3-8,14,16-17,21H,9-11H2,1-2H3,(H,25,27)/p+1/t14?,16-,17+,21?. The first-order chi connectivity index (χ1) is 14.0. The molecular weight excluding hydrogens is 432 g/mol. The second kappa shape index (κ2) is 6.96. The van der Waals surface area contributed by atoms with Gasteiger partial charge in [0.1, 0.15) is 12.3 Å². The van der Waals surface area contributed by atoms with Crippen LogP contribution in [0, 0.1) is 24.7 Å². The minimum absolute atomic E-state index is 0.0739. The Morgan fingerprint density at radius 2 is 1.97 bits per heavy atom. The number of benzene rings is 2.